The molecule has 2 spiro atoms. The zero-order valence-corrected chi connectivity index (χ0v) is 16.8. The molecule has 4 nitrogen and oxygen atoms in total. The fourth-order valence-corrected chi connectivity index (χ4v) is 6.56. The summed E-state index contributed by atoms with van der Waals surface area (Å²) in [6, 6.07) is 0. The minimum absolute atomic E-state index is 0.0706. The Morgan fingerprint density at radius 1 is 1.21 bits per heavy atom. The maximum atomic E-state index is 12.9. The van der Waals surface area contributed by atoms with Crippen LogP contribution in [0.25, 0.3) is 0 Å². The van der Waals surface area contributed by atoms with Gasteiger partial charge in [-0.15, -0.1) is 0 Å². The van der Waals surface area contributed by atoms with Gasteiger partial charge in [-0.25, -0.2) is 9.59 Å². The number of rotatable bonds is 4. The highest BCUT2D eigenvalue weighted by atomic mass is 16.6. The molecule has 148 valence electrons. The highest BCUT2D eigenvalue weighted by Gasteiger charge is 2.71. The second kappa shape index (κ2) is 6.20. The summed E-state index contributed by atoms with van der Waals surface area (Å²) in [5.74, 6) is 0.585. The summed E-state index contributed by atoms with van der Waals surface area (Å²) in [5, 5.41) is 0. The molecule has 2 bridgehead atoms. The number of hydrogen-bond acceptors (Lipinski definition) is 4. The zero-order valence-electron chi connectivity index (χ0n) is 16.8. The van der Waals surface area contributed by atoms with E-state index < -0.39 is 11.0 Å². The van der Waals surface area contributed by atoms with Crippen LogP contribution >= 0.6 is 0 Å². The molecule has 0 aromatic carbocycles. The SMILES string of the molecule is CCC/C=C1\OC(=O)C2=C[C@H]3CC[C@]21[C@@H](CCC)[C@@]31OC(=O)C2=C1CCC=C2. The van der Waals surface area contributed by atoms with Crippen LogP contribution in [0.5, 0.6) is 0 Å². The molecular formula is C24H28O4. The van der Waals surface area contributed by atoms with Crippen LogP contribution in [-0.2, 0) is 19.1 Å². The van der Waals surface area contributed by atoms with Crippen LogP contribution < -0.4 is 0 Å². The van der Waals surface area contributed by atoms with E-state index >= 15 is 0 Å². The predicted molar refractivity (Wildman–Crippen MR) is 105 cm³/mol. The van der Waals surface area contributed by atoms with E-state index in [1.54, 1.807) is 0 Å². The lowest BCUT2D eigenvalue weighted by atomic mass is 9.46. The van der Waals surface area contributed by atoms with Crippen molar-refractivity contribution in [3.05, 3.63) is 46.8 Å². The van der Waals surface area contributed by atoms with E-state index in [-0.39, 0.29) is 23.8 Å². The minimum Gasteiger partial charge on any atom is -0.450 e. The summed E-state index contributed by atoms with van der Waals surface area (Å²) < 4.78 is 12.2. The van der Waals surface area contributed by atoms with Crippen molar-refractivity contribution in [3.8, 4) is 0 Å². The van der Waals surface area contributed by atoms with Crippen molar-refractivity contribution >= 4 is 11.9 Å². The predicted octanol–water partition coefficient (Wildman–Crippen LogP) is 4.92. The molecule has 2 aliphatic heterocycles. The van der Waals surface area contributed by atoms with Crippen LogP contribution in [0.3, 0.4) is 0 Å². The van der Waals surface area contributed by atoms with Gasteiger partial charge in [0.15, 0.2) is 0 Å². The van der Waals surface area contributed by atoms with Crippen LogP contribution in [0, 0.1) is 17.3 Å². The highest BCUT2D eigenvalue weighted by molar-refractivity contribution is 5.99. The Morgan fingerprint density at radius 3 is 2.86 bits per heavy atom. The first-order chi connectivity index (χ1) is 13.6. The number of hydrogen-bond donors (Lipinski definition) is 0. The standard InChI is InChI=1S/C24H28O4/c1-3-5-11-20-23-13-12-15(14-18(23)22(26)27-20)24(19(23)8-4-2)17-10-7-6-9-16(17)21(25)28-24/h6,9,11,14-15,19H,3-5,7-8,10,12-13H2,1-2H3/b20-11-/t15-,19-,23-,24-/m1/s1. The van der Waals surface area contributed by atoms with Gasteiger partial charge in [-0.2, -0.15) is 0 Å². The van der Waals surface area contributed by atoms with Gasteiger partial charge in [-0.05, 0) is 50.2 Å². The normalized spacial score (nSPS) is 39.4. The van der Waals surface area contributed by atoms with E-state index in [2.05, 4.69) is 32.1 Å². The molecule has 6 aliphatic rings. The average molecular weight is 380 g/mol. The molecule has 6 rings (SSSR count). The molecule has 0 radical (unpaired) electrons. The Kier molecular flexibility index (Phi) is 3.98. The van der Waals surface area contributed by atoms with Crippen LogP contribution in [0.2, 0.25) is 0 Å². The number of fused-ring (bicyclic) bond motifs is 1. The van der Waals surface area contributed by atoms with E-state index in [0.29, 0.717) is 0 Å². The van der Waals surface area contributed by atoms with Gasteiger partial charge < -0.3 is 9.47 Å². The lowest BCUT2D eigenvalue weighted by Gasteiger charge is -2.58. The first-order valence-electron chi connectivity index (χ1n) is 10.9. The Morgan fingerprint density at radius 2 is 2.07 bits per heavy atom. The fourth-order valence-electron chi connectivity index (χ4n) is 6.56. The van der Waals surface area contributed by atoms with Crippen LogP contribution in [0.4, 0.5) is 0 Å². The van der Waals surface area contributed by atoms with E-state index in [1.165, 1.54) is 5.57 Å². The third-order valence-corrected chi connectivity index (χ3v) is 7.54. The summed E-state index contributed by atoms with van der Waals surface area (Å²) in [5.41, 5.74) is 1.73. The molecule has 0 aromatic rings. The molecule has 1 saturated carbocycles. The largest absolute Gasteiger partial charge is 0.450 e. The number of esters is 2. The molecule has 0 unspecified atom stereocenters. The fraction of sp³-hybridized carbons (Fsp3) is 0.583. The maximum absolute atomic E-state index is 12.9. The van der Waals surface area contributed by atoms with Crippen LogP contribution in [0.15, 0.2) is 46.8 Å². The van der Waals surface area contributed by atoms with Crippen molar-refractivity contribution in [2.45, 2.75) is 70.8 Å². The molecular weight excluding hydrogens is 352 g/mol. The number of carbonyl (C=O) groups excluding carboxylic acids is 2. The lowest BCUT2D eigenvalue weighted by Crippen LogP contribution is -2.60. The second-order valence-corrected chi connectivity index (χ2v) is 8.80. The van der Waals surface area contributed by atoms with Gasteiger partial charge in [-0.3, -0.25) is 0 Å². The first-order valence-corrected chi connectivity index (χ1v) is 10.9. The summed E-state index contributed by atoms with van der Waals surface area (Å²) in [7, 11) is 0. The summed E-state index contributed by atoms with van der Waals surface area (Å²) >= 11 is 0. The molecule has 0 aromatic heterocycles. The topological polar surface area (TPSA) is 52.6 Å². The zero-order chi connectivity index (χ0) is 19.5. The van der Waals surface area contributed by atoms with Crippen molar-refractivity contribution in [1.82, 2.24) is 0 Å². The van der Waals surface area contributed by atoms with Crippen LogP contribution in [0.1, 0.15) is 65.2 Å². The number of carbonyl (C=O) groups is 2. The molecule has 2 fully saturated rings. The van der Waals surface area contributed by atoms with Crippen molar-refractivity contribution < 1.29 is 19.1 Å². The number of cyclic esters (lactones) is 1. The lowest BCUT2D eigenvalue weighted by molar-refractivity contribution is -0.170. The summed E-state index contributed by atoms with van der Waals surface area (Å²) in [4.78, 5) is 25.7. The molecule has 2 heterocycles. The molecule has 4 aliphatic carbocycles. The van der Waals surface area contributed by atoms with Crippen molar-refractivity contribution in [2.24, 2.45) is 17.3 Å². The van der Waals surface area contributed by atoms with E-state index in [4.69, 9.17) is 9.47 Å². The van der Waals surface area contributed by atoms with Crippen LogP contribution in [-0.4, -0.2) is 17.5 Å². The van der Waals surface area contributed by atoms with Crippen molar-refractivity contribution in [1.29, 1.82) is 0 Å². The Labute approximate surface area is 166 Å². The minimum atomic E-state index is -0.603. The summed E-state index contributed by atoms with van der Waals surface area (Å²) in [6.45, 7) is 4.31. The van der Waals surface area contributed by atoms with Gasteiger partial charge in [0.25, 0.3) is 0 Å². The second-order valence-electron chi connectivity index (χ2n) is 8.80. The van der Waals surface area contributed by atoms with Crippen molar-refractivity contribution in [2.75, 3.05) is 0 Å². The van der Waals surface area contributed by atoms with E-state index in [0.717, 1.165) is 68.3 Å². The third-order valence-electron chi connectivity index (χ3n) is 7.54. The van der Waals surface area contributed by atoms with E-state index in [9.17, 15) is 9.59 Å². The molecule has 4 atom stereocenters. The number of ether oxygens (including phenoxy) is 2. The van der Waals surface area contributed by atoms with Gasteiger partial charge in [0.1, 0.15) is 11.4 Å². The molecule has 0 N–H and O–H groups in total. The highest BCUT2D eigenvalue weighted by Crippen LogP contribution is 2.70. The number of unbranched alkanes of at least 4 members (excludes halogenated alkanes) is 1. The average Bonchev–Trinajstić information content (AvgIpc) is 3.16. The smallest absolute Gasteiger partial charge is 0.339 e. The van der Waals surface area contributed by atoms with Gasteiger partial charge in [0.2, 0.25) is 0 Å². The van der Waals surface area contributed by atoms with Crippen molar-refractivity contribution in [3.63, 3.8) is 0 Å². The van der Waals surface area contributed by atoms with Gasteiger partial charge in [0, 0.05) is 17.4 Å². The Bertz CT molecular complexity index is 873. The van der Waals surface area contributed by atoms with E-state index in [1.807, 2.05) is 6.08 Å². The molecule has 0 amide bonds. The maximum Gasteiger partial charge on any atom is 0.339 e. The number of allylic oxidation sites excluding steroid dienone is 3. The quantitative estimate of drug-likeness (QED) is 0.650. The van der Waals surface area contributed by atoms with Gasteiger partial charge in [-0.1, -0.05) is 44.9 Å². The third kappa shape index (κ3) is 2.01. The van der Waals surface area contributed by atoms with Gasteiger partial charge >= 0.3 is 11.9 Å². The summed E-state index contributed by atoms with van der Waals surface area (Å²) in [6.07, 6.45) is 15.7. The molecule has 4 heteroatoms. The molecule has 1 saturated heterocycles. The monoisotopic (exact) mass is 380 g/mol. The molecule has 28 heavy (non-hydrogen) atoms. The Balaban J connectivity index is 1.74. The Hall–Kier alpha value is -2.10. The first kappa shape index (κ1) is 18.0. The van der Waals surface area contributed by atoms with Gasteiger partial charge in [0.05, 0.1) is 11.0 Å².